The Balaban J connectivity index is 2.39. The molecule has 0 aliphatic carbocycles. The molecule has 0 fully saturated rings. The maximum Gasteiger partial charge on any atom is 0.276 e. The molecule has 0 saturated heterocycles. The summed E-state index contributed by atoms with van der Waals surface area (Å²) >= 11 is 20.0. The number of anilines is 1. The number of hydrogen-bond donors (Lipinski definition) is 1. The molecule has 0 bridgehead atoms. The Morgan fingerprint density at radius 3 is 2.42 bits per heavy atom. The summed E-state index contributed by atoms with van der Waals surface area (Å²) in [5.74, 6) is -0.705. The average Bonchev–Trinajstić information content (AvgIpc) is 2.81. The molecule has 2 rings (SSSR count). The number of benzene rings is 1. The van der Waals surface area contributed by atoms with E-state index < -0.39 is 9.70 Å². The SMILES string of the molecule is O=C(Nc1cc(Br)ccc1-n1cccc1)C(Cl)(Cl)Cl. The molecule has 7 heteroatoms. The van der Waals surface area contributed by atoms with Crippen LogP contribution in [0, 0.1) is 0 Å². The van der Waals surface area contributed by atoms with Gasteiger partial charge >= 0.3 is 0 Å². The number of rotatable bonds is 2. The van der Waals surface area contributed by atoms with Gasteiger partial charge in [-0.15, -0.1) is 0 Å². The van der Waals surface area contributed by atoms with Crippen molar-refractivity contribution in [2.24, 2.45) is 0 Å². The molecule has 2 aromatic rings. The molecule has 0 aliphatic rings. The Bertz CT molecular complexity index is 594. The van der Waals surface area contributed by atoms with Crippen molar-refractivity contribution in [3.8, 4) is 5.69 Å². The molecule has 0 atom stereocenters. The van der Waals surface area contributed by atoms with Crippen LogP contribution in [0.15, 0.2) is 47.2 Å². The third-order valence-corrected chi connectivity index (χ3v) is 3.36. The van der Waals surface area contributed by atoms with Crippen molar-refractivity contribution in [3.05, 3.63) is 47.2 Å². The van der Waals surface area contributed by atoms with Gasteiger partial charge in [-0.25, -0.2) is 0 Å². The second-order valence-corrected chi connectivity index (χ2v) is 6.90. The number of carbonyl (C=O) groups is 1. The van der Waals surface area contributed by atoms with Crippen molar-refractivity contribution >= 4 is 62.3 Å². The van der Waals surface area contributed by atoms with Crippen LogP contribution in [0.5, 0.6) is 0 Å². The Morgan fingerprint density at radius 2 is 1.84 bits per heavy atom. The first-order valence-electron chi connectivity index (χ1n) is 5.19. The fraction of sp³-hybridized carbons (Fsp3) is 0.0833. The largest absolute Gasteiger partial charge is 0.322 e. The summed E-state index contributed by atoms with van der Waals surface area (Å²) in [5.41, 5.74) is 1.32. The first kappa shape index (κ1) is 14.7. The maximum atomic E-state index is 11.7. The van der Waals surface area contributed by atoms with E-state index >= 15 is 0 Å². The molecule has 0 radical (unpaired) electrons. The van der Waals surface area contributed by atoms with Crippen LogP contribution in [0.4, 0.5) is 5.69 Å². The molecule has 1 N–H and O–H groups in total. The number of aromatic nitrogens is 1. The minimum Gasteiger partial charge on any atom is -0.322 e. The van der Waals surface area contributed by atoms with Crippen molar-refractivity contribution in [2.45, 2.75) is 3.79 Å². The Morgan fingerprint density at radius 1 is 1.21 bits per heavy atom. The molecule has 1 aromatic heterocycles. The summed E-state index contributed by atoms with van der Waals surface area (Å²) < 4.78 is 0.652. The van der Waals surface area contributed by atoms with Gasteiger partial charge in [-0.3, -0.25) is 4.79 Å². The van der Waals surface area contributed by atoms with Crippen LogP contribution in [0.1, 0.15) is 0 Å². The molecular weight excluding hydrogens is 374 g/mol. The molecule has 19 heavy (non-hydrogen) atoms. The maximum absolute atomic E-state index is 11.7. The highest BCUT2D eigenvalue weighted by Gasteiger charge is 2.31. The van der Waals surface area contributed by atoms with Gasteiger partial charge in [0.1, 0.15) is 0 Å². The summed E-state index contributed by atoms with van der Waals surface area (Å²) in [7, 11) is 0. The van der Waals surface area contributed by atoms with E-state index in [1.54, 1.807) is 6.07 Å². The fourth-order valence-electron chi connectivity index (χ4n) is 1.52. The van der Waals surface area contributed by atoms with Crippen LogP contribution in [-0.4, -0.2) is 14.3 Å². The standard InChI is InChI=1S/C12H8BrCl3N2O/c13-8-3-4-10(18-5-1-2-6-18)9(7-8)17-11(19)12(14,15)16/h1-7H,(H,17,19). The van der Waals surface area contributed by atoms with E-state index in [1.807, 2.05) is 41.2 Å². The van der Waals surface area contributed by atoms with Crippen molar-refractivity contribution < 1.29 is 4.79 Å². The first-order valence-corrected chi connectivity index (χ1v) is 7.11. The summed E-state index contributed by atoms with van der Waals surface area (Å²) in [6.07, 6.45) is 3.71. The number of carbonyl (C=O) groups excluding carboxylic acids is 1. The van der Waals surface area contributed by atoms with Gasteiger partial charge in [-0.2, -0.15) is 0 Å². The van der Waals surface area contributed by atoms with E-state index in [0.717, 1.165) is 10.2 Å². The molecule has 0 unspecified atom stereocenters. The number of halogens is 4. The monoisotopic (exact) mass is 380 g/mol. The zero-order valence-electron chi connectivity index (χ0n) is 9.41. The molecule has 1 amide bonds. The van der Waals surface area contributed by atoms with E-state index in [1.165, 1.54) is 0 Å². The van der Waals surface area contributed by atoms with Crippen LogP contribution in [0.3, 0.4) is 0 Å². The van der Waals surface area contributed by atoms with Crippen LogP contribution in [-0.2, 0) is 4.79 Å². The minimum atomic E-state index is -2.00. The fourth-order valence-corrected chi connectivity index (χ4v) is 2.02. The highest BCUT2D eigenvalue weighted by molar-refractivity contribution is 9.10. The Kier molecular flexibility index (Phi) is 4.46. The molecule has 0 saturated carbocycles. The van der Waals surface area contributed by atoms with Gasteiger partial charge in [0.2, 0.25) is 0 Å². The molecule has 0 aliphatic heterocycles. The predicted octanol–water partition coefficient (Wildman–Crippen LogP) is 4.55. The number of nitrogens with zero attached hydrogens (tertiary/aromatic N) is 1. The van der Waals surface area contributed by atoms with Gasteiger partial charge in [0, 0.05) is 16.9 Å². The zero-order valence-corrected chi connectivity index (χ0v) is 13.3. The van der Waals surface area contributed by atoms with Crippen LogP contribution < -0.4 is 5.32 Å². The van der Waals surface area contributed by atoms with Gasteiger partial charge in [-0.05, 0) is 30.3 Å². The number of alkyl halides is 3. The number of amides is 1. The predicted molar refractivity (Wildman–Crippen MR) is 82.4 cm³/mol. The second-order valence-electron chi connectivity index (χ2n) is 3.70. The van der Waals surface area contributed by atoms with Gasteiger partial charge in [0.05, 0.1) is 11.4 Å². The molecule has 0 spiro atoms. The second kappa shape index (κ2) is 5.75. The van der Waals surface area contributed by atoms with E-state index in [9.17, 15) is 4.79 Å². The minimum absolute atomic E-state index is 0.543. The molecule has 3 nitrogen and oxygen atoms in total. The van der Waals surface area contributed by atoms with Crippen molar-refractivity contribution in [1.82, 2.24) is 4.57 Å². The average molecular weight is 382 g/mol. The normalized spacial score (nSPS) is 11.4. The quantitative estimate of drug-likeness (QED) is 0.760. The first-order chi connectivity index (χ1) is 8.88. The van der Waals surface area contributed by atoms with Crippen LogP contribution >= 0.6 is 50.7 Å². The molecule has 1 heterocycles. The lowest BCUT2D eigenvalue weighted by molar-refractivity contribution is -0.115. The Hall–Kier alpha value is -0.680. The third kappa shape index (κ3) is 3.66. The lowest BCUT2D eigenvalue weighted by Crippen LogP contribution is -2.27. The zero-order chi connectivity index (χ0) is 14.0. The van der Waals surface area contributed by atoms with Gasteiger partial charge in [-0.1, -0.05) is 50.7 Å². The van der Waals surface area contributed by atoms with E-state index in [0.29, 0.717) is 5.69 Å². The smallest absolute Gasteiger partial charge is 0.276 e. The van der Waals surface area contributed by atoms with Crippen LogP contribution in [0.2, 0.25) is 0 Å². The van der Waals surface area contributed by atoms with Crippen molar-refractivity contribution in [1.29, 1.82) is 0 Å². The summed E-state index contributed by atoms with van der Waals surface area (Å²) in [5, 5.41) is 2.59. The number of hydrogen-bond acceptors (Lipinski definition) is 1. The topological polar surface area (TPSA) is 34.0 Å². The summed E-state index contributed by atoms with van der Waals surface area (Å²) in [4.78, 5) is 11.7. The van der Waals surface area contributed by atoms with Crippen molar-refractivity contribution in [3.63, 3.8) is 0 Å². The van der Waals surface area contributed by atoms with E-state index in [2.05, 4.69) is 21.2 Å². The molecular formula is C12H8BrCl3N2O. The highest BCUT2D eigenvalue weighted by Crippen LogP contribution is 2.30. The number of nitrogens with one attached hydrogen (secondary N) is 1. The van der Waals surface area contributed by atoms with Gasteiger partial charge in [0.15, 0.2) is 0 Å². The Labute approximate surface area is 133 Å². The molecule has 100 valence electrons. The third-order valence-electron chi connectivity index (χ3n) is 2.35. The summed E-state index contributed by atoms with van der Waals surface area (Å²) in [6.45, 7) is 0. The van der Waals surface area contributed by atoms with Crippen molar-refractivity contribution in [2.75, 3.05) is 5.32 Å². The summed E-state index contributed by atoms with van der Waals surface area (Å²) in [6, 6.07) is 9.20. The lowest BCUT2D eigenvalue weighted by Gasteiger charge is -2.15. The van der Waals surface area contributed by atoms with Gasteiger partial charge < -0.3 is 9.88 Å². The van der Waals surface area contributed by atoms with Gasteiger partial charge in [0.25, 0.3) is 9.70 Å². The van der Waals surface area contributed by atoms with E-state index in [-0.39, 0.29) is 0 Å². The van der Waals surface area contributed by atoms with Crippen LogP contribution in [0.25, 0.3) is 5.69 Å². The van der Waals surface area contributed by atoms with E-state index in [4.69, 9.17) is 34.8 Å². The molecule has 1 aromatic carbocycles. The highest BCUT2D eigenvalue weighted by atomic mass is 79.9. The lowest BCUT2D eigenvalue weighted by atomic mass is 10.2.